The molecule has 0 amide bonds. The van der Waals surface area contributed by atoms with Crippen molar-refractivity contribution in [1.29, 1.82) is 0 Å². The molecule has 0 bridgehead atoms. The third kappa shape index (κ3) is 3.45. The summed E-state index contributed by atoms with van der Waals surface area (Å²) >= 11 is 3.49. The van der Waals surface area contributed by atoms with Crippen molar-refractivity contribution in [2.45, 2.75) is 12.8 Å². The molecule has 1 unspecified atom stereocenters. The molecule has 1 aromatic rings. The van der Waals surface area contributed by atoms with Crippen molar-refractivity contribution < 1.29 is 0 Å². The Bertz CT molecular complexity index is 471. The van der Waals surface area contributed by atoms with Crippen molar-refractivity contribution in [1.82, 2.24) is 10.6 Å². The maximum atomic E-state index is 4.45. The lowest BCUT2D eigenvalue weighted by atomic mass is 10.1. The highest BCUT2D eigenvalue weighted by molar-refractivity contribution is 9.10. The zero-order valence-electron chi connectivity index (χ0n) is 11.6. The lowest BCUT2D eigenvalue weighted by Crippen LogP contribution is -2.43. The van der Waals surface area contributed by atoms with E-state index in [4.69, 9.17) is 0 Å². The van der Waals surface area contributed by atoms with Crippen LogP contribution >= 0.6 is 15.9 Å². The molecule has 108 valence electrons. The Balaban J connectivity index is 1.49. The Labute approximate surface area is 128 Å². The highest BCUT2D eigenvalue weighted by Crippen LogP contribution is 2.24. The number of anilines is 1. The molecule has 5 heteroatoms. The van der Waals surface area contributed by atoms with Crippen molar-refractivity contribution >= 4 is 27.6 Å². The van der Waals surface area contributed by atoms with Crippen LogP contribution in [0, 0.1) is 5.92 Å². The van der Waals surface area contributed by atoms with Crippen LogP contribution in [0.3, 0.4) is 0 Å². The number of halogens is 1. The normalized spacial score (nSPS) is 22.4. The first-order valence-corrected chi connectivity index (χ1v) is 8.13. The molecule has 4 nitrogen and oxygen atoms in total. The standard InChI is InChI=1S/C15H21BrN4/c16-13-2-4-14(5-3-13)20-9-6-12(11-20)10-19-15-17-7-1-8-18-15/h2-5,12H,1,6-11H2,(H2,17,18,19). The predicted octanol–water partition coefficient (Wildman–Crippen LogP) is 2.21. The number of aliphatic imine (C=N–C) groups is 1. The average Bonchev–Trinajstić information content (AvgIpc) is 2.96. The number of benzene rings is 1. The molecule has 1 fully saturated rings. The fraction of sp³-hybridized carbons (Fsp3) is 0.533. The van der Waals surface area contributed by atoms with Gasteiger partial charge in [0, 0.05) is 42.9 Å². The van der Waals surface area contributed by atoms with Crippen molar-refractivity contribution in [3.8, 4) is 0 Å². The van der Waals surface area contributed by atoms with Gasteiger partial charge in [-0.3, -0.25) is 4.99 Å². The maximum Gasteiger partial charge on any atom is 0.191 e. The summed E-state index contributed by atoms with van der Waals surface area (Å²) in [6.07, 6.45) is 2.39. The van der Waals surface area contributed by atoms with Gasteiger partial charge in [0.25, 0.3) is 0 Å². The minimum Gasteiger partial charge on any atom is -0.371 e. The second kappa shape index (κ2) is 6.48. The number of hydrogen-bond acceptors (Lipinski definition) is 4. The first kappa shape index (κ1) is 13.7. The number of hydrogen-bond donors (Lipinski definition) is 2. The van der Waals surface area contributed by atoms with Crippen molar-refractivity contribution in [2.75, 3.05) is 37.6 Å². The van der Waals surface area contributed by atoms with Gasteiger partial charge in [0.15, 0.2) is 5.96 Å². The monoisotopic (exact) mass is 336 g/mol. The Morgan fingerprint density at radius 2 is 2.20 bits per heavy atom. The first-order valence-electron chi connectivity index (χ1n) is 7.34. The van der Waals surface area contributed by atoms with E-state index in [2.05, 4.69) is 60.7 Å². The predicted molar refractivity (Wildman–Crippen MR) is 87.4 cm³/mol. The second-order valence-electron chi connectivity index (χ2n) is 5.47. The number of guanidine groups is 1. The van der Waals surface area contributed by atoms with Crippen LogP contribution in [0.5, 0.6) is 0 Å². The SMILES string of the molecule is Brc1ccc(N2CCC(CNC3=NCCCN3)C2)cc1. The van der Waals surface area contributed by atoms with Gasteiger partial charge in [-0.25, -0.2) is 0 Å². The molecular formula is C15H21BrN4. The number of nitrogens with one attached hydrogen (secondary N) is 2. The molecule has 0 aliphatic carbocycles. The van der Waals surface area contributed by atoms with E-state index in [1.807, 2.05) is 0 Å². The fourth-order valence-electron chi connectivity index (χ4n) is 2.78. The van der Waals surface area contributed by atoms with Crippen LogP contribution in [-0.2, 0) is 0 Å². The van der Waals surface area contributed by atoms with E-state index in [0.29, 0.717) is 5.92 Å². The lowest BCUT2D eigenvalue weighted by Gasteiger charge is -2.20. The Hall–Kier alpha value is -1.23. The molecule has 2 aliphatic rings. The molecule has 1 atom stereocenters. The molecule has 0 saturated carbocycles. The summed E-state index contributed by atoms with van der Waals surface area (Å²) in [4.78, 5) is 6.92. The van der Waals surface area contributed by atoms with Crippen LogP contribution in [-0.4, -0.2) is 38.7 Å². The Kier molecular flexibility index (Phi) is 4.45. The van der Waals surface area contributed by atoms with E-state index >= 15 is 0 Å². The topological polar surface area (TPSA) is 39.7 Å². The third-order valence-electron chi connectivity index (χ3n) is 3.93. The van der Waals surface area contributed by atoms with Gasteiger partial charge < -0.3 is 15.5 Å². The van der Waals surface area contributed by atoms with Crippen molar-refractivity contribution in [3.05, 3.63) is 28.7 Å². The van der Waals surface area contributed by atoms with Crippen LogP contribution in [0.15, 0.2) is 33.7 Å². The number of nitrogens with zero attached hydrogens (tertiary/aromatic N) is 2. The summed E-state index contributed by atoms with van der Waals surface area (Å²) in [5.74, 6) is 1.68. The van der Waals surface area contributed by atoms with Gasteiger partial charge in [-0.2, -0.15) is 0 Å². The van der Waals surface area contributed by atoms with Gasteiger partial charge in [0.2, 0.25) is 0 Å². The smallest absolute Gasteiger partial charge is 0.191 e. The highest BCUT2D eigenvalue weighted by atomic mass is 79.9. The lowest BCUT2D eigenvalue weighted by molar-refractivity contribution is 0.560. The molecule has 3 rings (SSSR count). The zero-order chi connectivity index (χ0) is 13.8. The summed E-state index contributed by atoms with van der Waals surface area (Å²) in [6, 6.07) is 8.60. The van der Waals surface area contributed by atoms with E-state index in [-0.39, 0.29) is 0 Å². The van der Waals surface area contributed by atoms with Gasteiger partial charge in [-0.05, 0) is 43.0 Å². The Morgan fingerprint density at radius 3 is 2.95 bits per heavy atom. The summed E-state index contributed by atoms with van der Waals surface area (Å²) in [5.41, 5.74) is 1.32. The second-order valence-corrected chi connectivity index (χ2v) is 6.38. The van der Waals surface area contributed by atoms with E-state index in [1.54, 1.807) is 0 Å². The van der Waals surface area contributed by atoms with Gasteiger partial charge in [0.05, 0.1) is 0 Å². The van der Waals surface area contributed by atoms with Gasteiger partial charge in [-0.15, -0.1) is 0 Å². The van der Waals surface area contributed by atoms with Crippen LogP contribution in [0.4, 0.5) is 5.69 Å². The quantitative estimate of drug-likeness (QED) is 0.889. The minimum atomic E-state index is 0.699. The largest absolute Gasteiger partial charge is 0.371 e. The van der Waals surface area contributed by atoms with Crippen LogP contribution in [0.2, 0.25) is 0 Å². The van der Waals surface area contributed by atoms with E-state index in [9.17, 15) is 0 Å². The van der Waals surface area contributed by atoms with Crippen molar-refractivity contribution in [2.24, 2.45) is 10.9 Å². The summed E-state index contributed by atoms with van der Waals surface area (Å²) < 4.78 is 1.14. The maximum absolute atomic E-state index is 4.45. The van der Waals surface area contributed by atoms with E-state index in [0.717, 1.165) is 49.6 Å². The van der Waals surface area contributed by atoms with Gasteiger partial charge >= 0.3 is 0 Å². The molecule has 0 aromatic heterocycles. The molecule has 2 N–H and O–H groups in total. The molecule has 20 heavy (non-hydrogen) atoms. The molecule has 0 spiro atoms. The average molecular weight is 337 g/mol. The summed E-state index contributed by atoms with van der Waals surface area (Å²) in [6.45, 7) is 5.28. The molecule has 0 radical (unpaired) electrons. The molecule has 1 saturated heterocycles. The fourth-order valence-corrected chi connectivity index (χ4v) is 3.04. The van der Waals surface area contributed by atoms with Gasteiger partial charge in [0.1, 0.15) is 0 Å². The van der Waals surface area contributed by atoms with Crippen LogP contribution < -0.4 is 15.5 Å². The third-order valence-corrected chi connectivity index (χ3v) is 4.46. The minimum absolute atomic E-state index is 0.699. The van der Waals surface area contributed by atoms with Gasteiger partial charge in [-0.1, -0.05) is 15.9 Å². The van der Waals surface area contributed by atoms with E-state index in [1.165, 1.54) is 12.1 Å². The molecule has 2 heterocycles. The van der Waals surface area contributed by atoms with Crippen molar-refractivity contribution in [3.63, 3.8) is 0 Å². The highest BCUT2D eigenvalue weighted by Gasteiger charge is 2.22. The van der Waals surface area contributed by atoms with Crippen LogP contribution in [0.1, 0.15) is 12.8 Å². The van der Waals surface area contributed by atoms with E-state index < -0.39 is 0 Å². The summed E-state index contributed by atoms with van der Waals surface area (Å²) in [7, 11) is 0. The molecule has 1 aromatic carbocycles. The molecular weight excluding hydrogens is 316 g/mol. The summed E-state index contributed by atoms with van der Waals surface area (Å²) in [5, 5.41) is 6.76. The zero-order valence-corrected chi connectivity index (χ0v) is 13.2. The first-order chi connectivity index (χ1) is 9.81. The Morgan fingerprint density at radius 1 is 1.35 bits per heavy atom. The van der Waals surface area contributed by atoms with Crippen LogP contribution in [0.25, 0.3) is 0 Å². The molecule has 2 aliphatic heterocycles. The number of rotatable bonds is 3.